The van der Waals surface area contributed by atoms with Gasteiger partial charge in [-0.05, 0) is 5.41 Å². The van der Waals surface area contributed by atoms with E-state index in [2.05, 4.69) is 52.9 Å². The van der Waals surface area contributed by atoms with Crippen LogP contribution in [0, 0.1) is 5.41 Å². The van der Waals surface area contributed by atoms with Crippen LogP contribution < -0.4 is 0 Å². The molecule has 0 aliphatic carbocycles. The van der Waals surface area contributed by atoms with E-state index in [1.54, 1.807) is 13.2 Å². The Hall–Kier alpha value is -0.300. The Balaban J connectivity index is -0.0000000766. The Morgan fingerprint density at radius 3 is 1.33 bits per heavy atom. The molecule has 1 nitrogen and oxygen atoms in total. The highest BCUT2D eigenvalue weighted by atomic mass is 16.5. The Kier molecular flexibility index (Phi) is 37.3. The predicted molar refractivity (Wildman–Crippen MR) is 88.4 cm³/mol. The van der Waals surface area contributed by atoms with Crippen molar-refractivity contribution in [2.24, 2.45) is 5.41 Å². The summed E-state index contributed by atoms with van der Waals surface area (Å²) in [6, 6.07) is 0. The summed E-state index contributed by atoms with van der Waals surface area (Å²) in [5.74, 6) is 0. The van der Waals surface area contributed by atoms with Gasteiger partial charge < -0.3 is 4.74 Å². The largest absolute Gasteiger partial charge is 0.381 e. The second kappa shape index (κ2) is 25.5. The molecule has 0 fully saturated rings. The average molecular weight is 261 g/mol. The fourth-order valence-corrected chi connectivity index (χ4v) is 0.471. The van der Waals surface area contributed by atoms with Crippen LogP contribution >= 0.6 is 0 Å². The number of methoxy groups -OCH3 is 1. The highest BCUT2D eigenvalue weighted by Crippen LogP contribution is 2.16. The van der Waals surface area contributed by atoms with Crippen LogP contribution in [0.2, 0.25) is 0 Å². The fourth-order valence-electron chi connectivity index (χ4n) is 0.471. The summed E-state index contributed by atoms with van der Waals surface area (Å²) in [7, 11) is 1.64. The van der Waals surface area contributed by atoms with Crippen molar-refractivity contribution in [3.8, 4) is 0 Å². The molecule has 0 aliphatic rings. The van der Waals surface area contributed by atoms with Gasteiger partial charge in [0.2, 0.25) is 0 Å². The van der Waals surface area contributed by atoms with E-state index in [0.717, 1.165) is 0 Å². The molecule has 0 radical (unpaired) electrons. The zero-order valence-electron chi connectivity index (χ0n) is 14.7. The lowest BCUT2D eigenvalue weighted by atomic mass is 9.94. The minimum Gasteiger partial charge on any atom is -0.381 e. The van der Waals surface area contributed by atoms with Crippen LogP contribution in [0.3, 0.4) is 0 Å². The second-order valence-electron chi connectivity index (χ2n) is 5.01. The van der Waals surface area contributed by atoms with Crippen LogP contribution in [0.15, 0.2) is 12.7 Å². The van der Waals surface area contributed by atoms with Gasteiger partial charge in [0.15, 0.2) is 0 Å². The predicted octanol–water partition coefficient (Wildman–Crippen LogP) is 6.48. The first-order valence-electron chi connectivity index (χ1n) is 7.49. The van der Waals surface area contributed by atoms with Gasteiger partial charge in [0.05, 0.1) is 6.61 Å². The molecule has 0 heterocycles. The molecule has 0 bridgehead atoms. The molecular weight excluding hydrogens is 220 g/mol. The van der Waals surface area contributed by atoms with Crippen molar-refractivity contribution in [3.63, 3.8) is 0 Å². The zero-order chi connectivity index (χ0) is 15.4. The molecule has 0 amide bonds. The van der Waals surface area contributed by atoms with E-state index in [1.807, 2.05) is 13.8 Å². The van der Waals surface area contributed by atoms with Gasteiger partial charge in [-0.25, -0.2) is 0 Å². The summed E-state index contributed by atoms with van der Waals surface area (Å²) in [5, 5.41) is 0. The maximum Gasteiger partial charge on any atom is 0.0641 e. The van der Waals surface area contributed by atoms with Crippen molar-refractivity contribution in [3.05, 3.63) is 12.7 Å². The molecule has 0 saturated heterocycles. The second-order valence-corrected chi connectivity index (χ2v) is 5.01. The third kappa shape index (κ3) is 75.6. The van der Waals surface area contributed by atoms with Gasteiger partial charge in [-0.15, -0.1) is 6.58 Å². The van der Waals surface area contributed by atoms with Crippen LogP contribution in [-0.4, -0.2) is 13.7 Å². The third-order valence-electron chi connectivity index (χ3n) is 2.05. The van der Waals surface area contributed by atoms with Crippen LogP contribution in [0.25, 0.3) is 0 Å². The molecule has 0 aromatic carbocycles. The van der Waals surface area contributed by atoms with E-state index in [0.29, 0.717) is 12.0 Å². The number of ether oxygens (including phenoxy) is 1. The first-order valence-corrected chi connectivity index (χ1v) is 7.49. The molecule has 0 spiro atoms. The maximum atomic E-state index is 4.57. The van der Waals surface area contributed by atoms with E-state index >= 15 is 0 Å². The first kappa shape index (κ1) is 26.3. The average Bonchev–Trinajstić information content (AvgIpc) is 2.34. The quantitative estimate of drug-likeness (QED) is 0.525. The van der Waals surface area contributed by atoms with Crippen LogP contribution in [0.1, 0.15) is 81.1 Å². The van der Waals surface area contributed by atoms with Gasteiger partial charge in [-0.2, -0.15) is 0 Å². The molecule has 0 aromatic rings. The Labute approximate surface area is 118 Å². The van der Waals surface area contributed by atoms with E-state index < -0.39 is 0 Å². The van der Waals surface area contributed by atoms with Crippen molar-refractivity contribution in [1.29, 1.82) is 0 Å². The molecule has 1 heteroatoms. The van der Waals surface area contributed by atoms with Crippen LogP contribution in [-0.2, 0) is 4.74 Å². The summed E-state index contributed by atoms with van der Waals surface area (Å²) in [4.78, 5) is 0. The molecule has 0 N–H and O–H groups in total. The van der Waals surface area contributed by atoms with E-state index in [1.165, 1.54) is 25.7 Å². The van der Waals surface area contributed by atoms with Crippen LogP contribution in [0.4, 0.5) is 0 Å². The van der Waals surface area contributed by atoms with Gasteiger partial charge >= 0.3 is 0 Å². The van der Waals surface area contributed by atoms with Crippen molar-refractivity contribution < 1.29 is 4.74 Å². The molecule has 0 rings (SSSR count). The van der Waals surface area contributed by atoms with Crippen LogP contribution in [0.5, 0.6) is 0 Å². The summed E-state index contributed by atoms with van der Waals surface area (Å²) < 4.78 is 4.57. The summed E-state index contributed by atoms with van der Waals surface area (Å²) >= 11 is 0. The van der Waals surface area contributed by atoms with Crippen molar-refractivity contribution in [1.82, 2.24) is 0 Å². The van der Waals surface area contributed by atoms with Crippen molar-refractivity contribution in [2.45, 2.75) is 81.1 Å². The number of unbranched alkanes of at least 4 members (excludes halogenated alkanes) is 2. The minimum atomic E-state index is 0.542. The summed E-state index contributed by atoms with van der Waals surface area (Å²) in [5.41, 5.74) is 0.542. The van der Waals surface area contributed by atoms with E-state index in [9.17, 15) is 0 Å². The lowest BCUT2D eigenvalue weighted by Gasteiger charge is -2.12. The molecule has 0 unspecified atom stereocenters. The normalized spacial score (nSPS) is 8.72. The molecule has 18 heavy (non-hydrogen) atoms. The maximum absolute atomic E-state index is 4.57. The number of hydrogen-bond acceptors (Lipinski definition) is 1. The Morgan fingerprint density at radius 1 is 1.00 bits per heavy atom. The highest BCUT2D eigenvalue weighted by molar-refractivity contribution is 4.62. The Morgan fingerprint density at radius 2 is 1.33 bits per heavy atom. The van der Waals surface area contributed by atoms with Gasteiger partial charge in [0.25, 0.3) is 0 Å². The third-order valence-corrected chi connectivity index (χ3v) is 2.05. The fraction of sp³-hybridized carbons (Fsp3) is 0.882. The first-order chi connectivity index (χ1) is 8.39. The monoisotopic (exact) mass is 260 g/mol. The van der Waals surface area contributed by atoms with Gasteiger partial charge in [0, 0.05) is 7.11 Å². The lowest BCUT2D eigenvalue weighted by molar-refractivity contribution is 0.234. The Bertz CT molecular complexity index is 109. The standard InChI is InChI=1S/C6H14.C5H12.C4H8O.C2H6/c1-5-6(2,3)4;1-3-5-4-2;1-3-4-5-2;1-2/h5H2,1-4H3;3-5H2,1-2H3;3H,1,4H2,2H3;1-2H3. The molecule has 0 aliphatic heterocycles. The van der Waals surface area contributed by atoms with Crippen molar-refractivity contribution >= 4 is 0 Å². The molecule has 0 aromatic heterocycles. The molecular formula is C17H40O. The van der Waals surface area contributed by atoms with Crippen molar-refractivity contribution in [2.75, 3.05) is 13.7 Å². The minimum absolute atomic E-state index is 0.542. The zero-order valence-corrected chi connectivity index (χ0v) is 14.7. The van der Waals surface area contributed by atoms with Gasteiger partial charge in [-0.1, -0.05) is 87.1 Å². The summed E-state index contributed by atoms with van der Waals surface area (Å²) in [6.07, 6.45) is 7.06. The molecule has 114 valence electrons. The lowest BCUT2D eigenvalue weighted by Crippen LogP contribution is -2.00. The van der Waals surface area contributed by atoms with E-state index in [4.69, 9.17) is 0 Å². The van der Waals surface area contributed by atoms with Gasteiger partial charge in [0.1, 0.15) is 0 Å². The SMILES string of the molecule is C=CCOC.CC.CCC(C)(C)C.CCCCC. The highest BCUT2D eigenvalue weighted by Gasteiger charge is 2.03. The number of rotatable bonds is 4. The molecule has 0 saturated carbocycles. The summed E-state index contributed by atoms with van der Waals surface area (Å²) in [6.45, 7) is 21.4. The molecule has 0 atom stereocenters. The number of hydrogen-bond donors (Lipinski definition) is 0. The van der Waals surface area contributed by atoms with E-state index in [-0.39, 0.29) is 0 Å². The topological polar surface area (TPSA) is 9.23 Å². The van der Waals surface area contributed by atoms with Gasteiger partial charge in [-0.3, -0.25) is 0 Å². The smallest absolute Gasteiger partial charge is 0.0641 e.